The van der Waals surface area contributed by atoms with Crippen LogP contribution in [0.15, 0.2) is 42.6 Å². The minimum Gasteiger partial charge on any atom is -0.494 e. The Bertz CT molecular complexity index is 605. The number of ether oxygens (including phenoxy) is 1. The Labute approximate surface area is 132 Å². The van der Waals surface area contributed by atoms with E-state index < -0.39 is 0 Å². The van der Waals surface area contributed by atoms with Crippen molar-refractivity contribution in [1.82, 2.24) is 4.98 Å². The molecule has 0 atom stereocenters. The molecule has 0 radical (unpaired) electrons. The summed E-state index contributed by atoms with van der Waals surface area (Å²) in [5, 5.41) is 0. The van der Waals surface area contributed by atoms with Crippen molar-refractivity contribution in [1.29, 1.82) is 0 Å². The van der Waals surface area contributed by atoms with Gasteiger partial charge in [-0.3, -0.25) is 9.78 Å². The van der Waals surface area contributed by atoms with Gasteiger partial charge in [0.25, 0.3) is 0 Å². The molecule has 2 aromatic rings. The fourth-order valence-electron chi connectivity index (χ4n) is 2.28. The average Bonchev–Trinajstić information content (AvgIpc) is 2.55. The second-order valence-electron chi connectivity index (χ2n) is 5.43. The predicted octanol–water partition coefficient (Wildman–Crippen LogP) is 4.58. The van der Waals surface area contributed by atoms with Gasteiger partial charge in [-0.25, -0.2) is 0 Å². The lowest BCUT2D eigenvalue weighted by atomic mass is 10.0. The van der Waals surface area contributed by atoms with Gasteiger partial charge in [-0.2, -0.15) is 0 Å². The van der Waals surface area contributed by atoms with Gasteiger partial charge >= 0.3 is 0 Å². The highest BCUT2D eigenvalue weighted by molar-refractivity contribution is 6.08. The Morgan fingerprint density at radius 2 is 1.86 bits per heavy atom. The number of unbranched alkanes of at least 4 members (excludes halogenated alkanes) is 3. The van der Waals surface area contributed by atoms with Crippen molar-refractivity contribution in [3.8, 4) is 5.75 Å². The number of aromatic nitrogens is 1. The zero-order valence-corrected chi connectivity index (χ0v) is 13.3. The van der Waals surface area contributed by atoms with E-state index in [4.69, 9.17) is 4.74 Å². The summed E-state index contributed by atoms with van der Waals surface area (Å²) >= 11 is 0. The van der Waals surface area contributed by atoms with Crippen molar-refractivity contribution in [2.75, 3.05) is 6.61 Å². The highest BCUT2D eigenvalue weighted by Crippen LogP contribution is 2.16. The van der Waals surface area contributed by atoms with Gasteiger partial charge in [0, 0.05) is 11.8 Å². The first-order chi connectivity index (χ1) is 10.7. The second-order valence-corrected chi connectivity index (χ2v) is 5.43. The maximum absolute atomic E-state index is 12.4. The Hall–Kier alpha value is -2.16. The van der Waals surface area contributed by atoms with Crippen LogP contribution in [0, 0.1) is 6.92 Å². The van der Waals surface area contributed by atoms with Gasteiger partial charge in [0.1, 0.15) is 11.4 Å². The first kappa shape index (κ1) is 16.2. The summed E-state index contributed by atoms with van der Waals surface area (Å²) in [7, 11) is 0. The van der Waals surface area contributed by atoms with E-state index in [1.807, 2.05) is 31.2 Å². The number of nitrogens with zero attached hydrogens (tertiary/aromatic N) is 1. The van der Waals surface area contributed by atoms with Gasteiger partial charge < -0.3 is 4.74 Å². The van der Waals surface area contributed by atoms with Crippen LogP contribution in [0.1, 0.15) is 54.2 Å². The fourth-order valence-corrected chi connectivity index (χ4v) is 2.28. The number of carbonyl (C=O) groups is 1. The van der Waals surface area contributed by atoms with Gasteiger partial charge in [0.05, 0.1) is 6.61 Å². The third kappa shape index (κ3) is 4.42. The summed E-state index contributed by atoms with van der Waals surface area (Å²) in [5.41, 5.74) is 2.04. The predicted molar refractivity (Wildman–Crippen MR) is 88.5 cm³/mol. The maximum Gasteiger partial charge on any atom is 0.211 e. The van der Waals surface area contributed by atoms with E-state index in [1.165, 1.54) is 19.3 Å². The molecule has 0 N–H and O–H groups in total. The normalized spacial score (nSPS) is 10.5. The molecule has 0 saturated heterocycles. The molecule has 116 valence electrons. The first-order valence-electron chi connectivity index (χ1n) is 7.91. The zero-order valence-electron chi connectivity index (χ0n) is 13.3. The molecule has 0 aliphatic heterocycles. The van der Waals surface area contributed by atoms with E-state index in [1.54, 1.807) is 18.3 Å². The Morgan fingerprint density at radius 3 is 2.55 bits per heavy atom. The summed E-state index contributed by atoms with van der Waals surface area (Å²) in [6, 6.07) is 11.0. The largest absolute Gasteiger partial charge is 0.494 e. The van der Waals surface area contributed by atoms with E-state index in [2.05, 4.69) is 11.9 Å². The molecule has 0 amide bonds. The zero-order chi connectivity index (χ0) is 15.8. The summed E-state index contributed by atoms with van der Waals surface area (Å²) in [5.74, 6) is 0.762. The van der Waals surface area contributed by atoms with E-state index in [9.17, 15) is 4.79 Å². The molecule has 22 heavy (non-hydrogen) atoms. The van der Waals surface area contributed by atoms with Gasteiger partial charge in [0.2, 0.25) is 5.78 Å². The summed E-state index contributed by atoms with van der Waals surface area (Å²) in [6.07, 6.45) is 6.39. The third-order valence-corrected chi connectivity index (χ3v) is 3.61. The monoisotopic (exact) mass is 297 g/mol. The lowest BCUT2D eigenvalue weighted by Crippen LogP contribution is -2.06. The highest BCUT2D eigenvalue weighted by atomic mass is 16.5. The molecule has 1 aromatic heterocycles. The van der Waals surface area contributed by atoms with Crippen LogP contribution >= 0.6 is 0 Å². The molecule has 0 aliphatic rings. The number of carbonyl (C=O) groups excluding carboxylic acids is 1. The smallest absolute Gasteiger partial charge is 0.211 e. The number of hydrogen-bond donors (Lipinski definition) is 0. The number of hydrogen-bond acceptors (Lipinski definition) is 3. The maximum atomic E-state index is 12.4. The van der Waals surface area contributed by atoms with E-state index >= 15 is 0 Å². The van der Waals surface area contributed by atoms with Crippen molar-refractivity contribution < 1.29 is 9.53 Å². The summed E-state index contributed by atoms with van der Waals surface area (Å²) in [6.45, 7) is 4.82. The van der Waals surface area contributed by atoms with Gasteiger partial charge in [0.15, 0.2) is 0 Å². The number of benzene rings is 1. The number of ketones is 1. The van der Waals surface area contributed by atoms with Crippen LogP contribution in [0.25, 0.3) is 0 Å². The Balaban J connectivity index is 1.94. The fraction of sp³-hybridized carbons (Fsp3) is 0.368. The highest BCUT2D eigenvalue weighted by Gasteiger charge is 2.12. The molecule has 0 aliphatic carbocycles. The van der Waals surface area contributed by atoms with E-state index in [0.29, 0.717) is 11.3 Å². The van der Waals surface area contributed by atoms with Crippen LogP contribution in [-0.2, 0) is 0 Å². The SMILES string of the molecule is CCCCCCOc1ccc(C(=O)c2ncccc2C)cc1. The molecule has 2 rings (SSSR count). The van der Waals surface area contributed by atoms with Crippen LogP contribution in [0.2, 0.25) is 0 Å². The summed E-state index contributed by atoms with van der Waals surface area (Å²) in [4.78, 5) is 16.6. The lowest BCUT2D eigenvalue weighted by Gasteiger charge is -2.07. The van der Waals surface area contributed by atoms with Crippen molar-refractivity contribution in [3.63, 3.8) is 0 Å². The van der Waals surface area contributed by atoms with Crippen molar-refractivity contribution in [2.45, 2.75) is 39.5 Å². The number of aryl methyl sites for hydroxylation is 1. The average molecular weight is 297 g/mol. The molecular formula is C19H23NO2. The van der Waals surface area contributed by atoms with Crippen LogP contribution in [-0.4, -0.2) is 17.4 Å². The van der Waals surface area contributed by atoms with Gasteiger partial charge in [-0.15, -0.1) is 0 Å². The molecule has 0 bridgehead atoms. The van der Waals surface area contributed by atoms with E-state index in [0.717, 1.165) is 24.3 Å². The molecular weight excluding hydrogens is 274 g/mol. The molecule has 1 aromatic carbocycles. The van der Waals surface area contributed by atoms with Crippen LogP contribution in [0.3, 0.4) is 0 Å². The standard InChI is InChI=1S/C19H23NO2/c1-3-4-5-6-14-22-17-11-9-16(10-12-17)19(21)18-15(2)8-7-13-20-18/h7-13H,3-6,14H2,1-2H3. The molecule has 0 saturated carbocycles. The molecule has 0 spiro atoms. The minimum atomic E-state index is -0.0485. The lowest BCUT2D eigenvalue weighted by molar-refractivity contribution is 0.103. The number of rotatable bonds is 8. The Morgan fingerprint density at radius 1 is 1.09 bits per heavy atom. The minimum absolute atomic E-state index is 0.0485. The molecule has 3 nitrogen and oxygen atoms in total. The topological polar surface area (TPSA) is 39.2 Å². The van der Waals surface area contributed by atoms with Crippen LogP contribution < -0.4 is 4.74 Å². The van der Waals surface area contributed by atoms with Crippen molar-refractivity contribution in [3.05, 3.63) is 59.4 Å². The molecule has 3 heteroatoms. The van der Waals surface area contributed by atoms with Gasteiger partial charge in [-0.1, -0.05) is 32.3 Å². The Kier molecular flexibility index (Phi) is 6.13. The second kappa shape index (κ2) is 8.32. The molecule has 1 heterocycles. The third-order valence-electron chi connectivity index (χ3n) is 3.61. The molecule has 0 unspecified atom stereocenters. The van der Waals surface area contributed by atoms with Gasteiger partial charge in [-0.05, 0) is 49.2 Å². The van der Waals surface area contributed by atoms with Crippen molar-refractivity contribution in [2.24, 2.45) is 0 Å². The molecule has 0 fully saturated rings. The number of pyridine rings is 1. The van der Waals surface area contributed by atoms with E-state index in [-0.39, 0.29) is 5.78 Å². The van der Waals surface area contributed by atoms with Crippen molar-refractivity contribution >= 4 is 5.78 Å². The van der Waals surface area contributed by atoms with Crippen LogP contribution in [0.4, 0.5) is 0 Å². The summed E-state index contributed by atoms with van der Waals surface area (Å²) < 4.78 is 5.69. The first-order valence-corrected chi connectivity index (χ1v) is 7.91. The van der Waals surface area contributed by atoms with Crippen LogP contribution in [0.5, 0.6) is 5.75 Å². The quantitative estimate of drug-likeness (QED) is 0.529.